The third kappa shape index (κ3) is 3.33. The Hall–Kier alpha value is -3.06. The van der Waals surface area contributed by atoms with Crippen LogP contribution < -0.4 is 5.73 Å². The van der Waals surface area contributed by atoms with Crippen molar-refractivity contribution in [1.82, 2.24) is 19.7 Å². The van der Waals surface area contributed by atoms with E-state index in [0.29, 0.717) is 12.2 Å². The molecule has 0 saturated heterocycles. The van der Waals surface area contributed by atoms with E-state index in [-0.39, 0.29) is 5.91 Å². The number of hydrogen-bond acceptors (Lipinski definition) is 4. The maximum absolute atomic E-state index is 11.1. The van der Waals surface area contributed by atoms with Gasteiger partial charge in [-0.15, -0.1) is 10.2 Å². The number of aryl methyl sites for hydroxylation is 1. The lowest BCUT2D eigenvalue weighted by Gasteiger charge is -2.12. The number of rotatable bonds is 6. The Kier molecular flexibility index (Phi) is 4.68. The topological polar surface area (TPSA) is 89.6 Å². The molecule has 7 heteroatoms. The highest BCUT2D eigenvalue weighted by Crippen LogP contribution is 2.33. The zero-order valence-corrected chi connectivity index (χ0v) is 15.7. The first-order valence-electron chi connectivity index (χ1n) is 8.64. The summed E-state index contributed by atoms with van der Waals surface area (Å²) in [6.07, 6.45) is 2.26. The number of primary amides is 1. The van der Waals surface area contributed by atoms with Crippen LogP contribution >= 0.6 is 11.8 Å². The Labute approximate surface area is 160 Å². The molecular weight excluding hydrogens is 358 g/mol. The van der Waals surface area contributed by atoms with Gasteiger partial charge in [-0.05, 0) is 24.6 Å². The number of para-hydroxylation sites is 2. The maximum Gasteiger partial charge on any atom is 0.218 e. The van der Waals surface area contributed by atoms with E-state index in [1.54, 1.807) is 0 Å². The van der Waals surface area contributed by atoms with Crippen LogP contribution in [0.2, 0.25) is 0 Å². The number of hydrogen-bond donors (Lipinski definition) is 2. The summed E-state index contributed by atoms with van der Waals surface area (Å²) >= 11 is 1.48. The molecule has 0 radical (unpaired) electrons. The largest absolute Gasteiger partial charge is 0.370 e. The number of nitrogens with one attached hydrogen (secondary N) is 1. The highest BCUT2D eigenvalue weighted by Gasteiger charge is 2.19. The summed E-state index contributed by atoms with van der Waals surface area (Å²) in [6.45, 7) is 2.06. The van der Waals surface area contributed by atoms with Gasteiger partial charge in [-0.1, -0.05) is 48.2 Å². The minimum atomic E-state index is -0.318. The average Bonchev–Trinajstić information content (AvgIpc) is 3.26. The molecule has 0 aliphatic carbocycles. The van der Waals surface area contributed by atoms with Crippen LogP contribution in [0.25, 0.3) is 28.0 Å². The number of fused-ring (bicyclic) bond motifs is 1. The third-order valence-corrected chi connectivity index (χ3v) is 5.33. The molecule has 2 heterocycles. The summed E-state index contributed by atoms with van der Waals surface area (Å²) in [7, 11) is 0. The van der Waals surface area contributed by atoms with Crippen LogP contribution in [0, 0.1) is 6.92 Å². The lowest BCUT2D eigenvalue weighted by Crippen LogP contribution is -2.11. The zero-order chi connectivity index (χ0) is 18.8. The van der Waals surface area contributed by atoms with Crippen molar-refractivity contribution in [1.29, 1.82) is 0 Å². The molecule has 0 bridgehead atoms. The molecule has 0 aliphatic heterocycles. The van der Waals surface area contributed by atoms with Crippen LogP contribution in [0.1, 0.15) is 12.0 Å². The van der Waals surface area contributed by atoms with Crippen molar-refractivity contribution in [3.8, 4) is 17.1 Å². The quantitative estimate of drug-likeness (QED) is 0.502. The van der Waals surface area contributed by atoms with Gasteiger partial charge in [-0.25, -0.2) is 0 Å². The number of carbonyl (C=O) groups is 1. The van der Waals surface area contributed by atoms with E-state index >= 15 is 0 Å². The number of aromatic amines is 1. The average molecular weight is 377 g/mol. The van der Waals surface area contributed by atoms with Gasteiger partial charge >= 0.3 is 0 Å². The molecule has 3 N–H and O–H groups in total. The number of carbonyl (C=O) groups excluding carboxylic acids is 1. The normalized spacial score (nSPS) is 11.1. The first-order chi connectivity index (χ1) is 13.1. The van der Waals surface area contributed by atoms with E-state index in [2.05, 4.69) is 44.9 Å². The number of nitrogens with two attached hydrogens (primary N) is 1. The molecule has 0 fully saturated rings. The summed E-state index contributed by atoms with van der Waals surface area (Å²) in [4.78, 5) is 14.4. The molecule has 6 nitrogen and oxygen atoms in total. The standard InChI is InChI=1S/C20H19N5OS/c1-13-6-2-5-9-17(13)25-19(23-24-20(25)27-11-10-18(21)26)15-12-22-16-8-4-3-7-14(15)16/h2-9,12,22H,10-11H2,1H3,(H2,21,26). The number of aromatic nitrogens is 4. The van der Waals surface area contributed by atoms with E-state index < -0.39 is 0 Å². The Morgan fingerprint density at radius 2 is 1.93 bits per heavy atom. The minimum absolute atomic E-state index is 0.299. The van der Waals surface area contributed by atoms with Crippen LogP contribution in [0.5, 0.6) is 0 Å². The predicted octanol–water partition coefficient (Wildman–Crippen LogP) is 3.69. The van der Waals surface area contributed by atoms with Gasteiger partial charge in [-0.2, -0.15) is 0 Å². The van der Waals surface area contributed by atoms with E-state index in [1.165, 1.54) is 11.8 Å². The second kappa shape index (κ2) is 7.28. The third-order valence-electron chi connectivity index (χ3n) is 4.40. The highest BCUT2D eigenvalue weighted by atomic mass is 32.2. The minimum Gasteiger partial charge on any atom is -0.370 e. The molecule has 4 rings (SSSR count). The van der Waals surface area contributed by atoms with Crippen molar-refractivity contribution >= 4 is 28.6 Å². The van der Waals surface area contributed by atoms with Crippen molar-refractivity contribution in [2.45, 2.75) is 18.5 Å². The van der Waals surface area contributed by atoms with Crippen LogP contribution in [0.3, 0.4) is 0 Å². The van der Waals surface area contributed by atoms with E-state index in [4.69, 9.17) is 5.73 Å². The first-order valence-corrected chi connectivity index (χ1v) is 9.62. The summed E-state index contributed by atoms with van der Waals surface area (Å²) < 4.78 is 2.05. The Bertz CT molecular complexity index is 1110. The summed E-state index contributed by atoms with van der Waals surface area (Å²) in [5.74, 6) is 1.01. The van der Waals surface area contributed by atoms with Crippen LogP contribution in [0.4, 0.5) is 0 Å². The van der Waals surface area contributed by atoms with Crippen molar-refractivity contribution in [3.63, 3.8) is 0 Å². The van der Waals surface area contributed by atoms with Gasteiger partial charge in [0.1, 0.15) is 0 Å². The SMILES string of the molecule is Cc1ccccc1-n1c(SCCC(N)=O)nnc1-c1c[nH]c2ccccc12. The second-order valence-corrected chi connectivity index (χ2v) is 7.30. The molecule has 0 aliphatic rings. The highest BCUT2D eigenvalue weighted by molar-refractivity contribution is 7.99. The van der Waals surface area contributed by atoms with Gasteiger partial charge < -0.3 is 10.7 Å². The molecule has 1 amide bonds. The molecule has 0 saturated carbocycles. The van der Waals surface area contributed by atoms with E-state index in [9.17, 15) is 4.79 Å². The lowest BCUT2D eigenvalue weighted by molar-refractivity contribution is -0.117. The molecule has 2 aromatic carbocycles. The summed E-state index contributed by atoms with van der Waals surface area (Å²) in [5.41, 5.74) is 9.45. The fourth-order valence-electron chi connectivity index (χ4n) is 3.07. The van der Waals surface area contributed by atoms with Gasteiger partial charge in [0, 0.05) is 34.8 Å². The molecule has 0 unspecified atom stereocenters. The van der Waals surface area contributed by atoms with Gasteiger partial charge in [-0.3, -0.25) is 9.36 Å². The number of amides is 1. The number of benzene rings is 2. The molecule has 0 atom stereocenters. The molecular formula is C20H19N5OS. The smallest absolute Gasteiger partial charge is 0.218 e. The van der Waals surface area contributed by atoms with Crippen molar-refractivity contribution in [2.75, 3.05) is 5.75 Å². The van der Waals surface area contributed by atoms with Gasteiger partial charge in [0.05, 0.1) is 5.69 Å². The maximum atomic E-state index is 11.1. The Morgan fingerprint density at radius 3 is 2.74 bits per heavy atom. The molecule has 27 heavy (non-hydrogen) atoms. The molecule has 136 valence electrons. The van der Waals surface area contributed by atoms with Crippen molar-refractivity contribution in [2.24, 2.45) is 5.73 Å². The number of nitrogens with zero attached hydrogens (tertiary/aromatic N) is 3. The molecule has 0 spiro atoms. The van der Waals surface area contributed by atoms with Gasteiger partial charge in [0.15, 0.2) is 11.0 Å². The van der Waals surface area contributed by atoms with E-state index in [1.807, 2.05) is 36.5 Å². The Balaban J connectivity index is 1.86. The second-order valence-electron chi connectivity index (χ2n) is 6.24. The van der Waals surface area contributed by atoms with Crippen molar-refractivity contribution in [3.05, 3.63) is 60.3 Å². The van der Waals surface area contributed by atoms with Gasteiger partial charge in [0.2, 0.25) is 5.91 Å². The number of thioether (sulfide) groups is 1. The fourth-order valence-corrected chi connectivity index (χ4v) is 3.97. The first kappa shape index (κ1) is 17.4. The lowest BCUT2D eigenvalue weighted by atomic mass is 10.1. The van der Waals surface area contributed by atoms with Crippen LogP contribution in [-0.2, 0) is 4.79 Å². The monoisotopic (exact) mass is 377 g/mol. The van der Waals surface area contributed by atoms with Crippen LogP contribution in [0.15, 0.2) is 59.9 Å². The van der Waals surface area contributed by atoms with E-state index in [0.717, 1.165) is 38.7 Å². The zero-order valence-electron chi connectivity index (χ0n) is 14.8. The van der Waals surface area contributed by atoms with Crippen LogP contribution in [-0.4, -0.2) is 31.4 Å². The Morgan fingerprint density at radius 1 is 1.15 bits per heavy atom. The van der Waals surface area contributed by atoms with Gasteiger partial charge in [0.25, 0.3) is 0 Å². The van der Waals surface area contributed by atoms with Crippen molar-refractivity contribution < 1.29 is 4.79 Å². The summed E-state index contributed by atoms with van der Waals surface area (Å²) in [5, 5.41) is 10.7. The predicted molar refractivity (Wildman–Crippen MR) is 108 cm³/mol. The fraction of sp³-hybridized carbons (Fsp3) is 0.150. The summed E-state index contributed by atoms with van der Waals surface area (Å²) in [6, 6.07) is 16.2. The number of H-pyrrole nitrogens is 1. The molecule has 2 aromatic heterocycles. The molecule has 4 aromatic rings.